The second kappa shape index (κ2) is 8.39. The molecule has 2 aromatic carbocycles. The van der Waals surface area contributed by atoms with Crippen molar-refractivity contribution in [1.82, 2.24) is 0 Å². The minimum atomic E-state index is -0.440. The summed E-state index contributed by atoms with van der Waals surface area (Å²) < 4.78 is 5.25. The van der Waals surface area contributed by atoms with Crippen molar-refractivity contribution in [3.05, 3.63) is 76.1 Å². The molecular weight excluding hydrogens is 406 g/mol. The highest BCUT2D eigenvalue weighted by Gasteiger charge is 2.44. The summed E-state index contributed by atoms with van der Waals surface area (Å²) in [4.78, 5) is 25.5. The number of nitrogens with one attached hydrogen (secondary N) is 1. The average molecular weight is 426 g/mol. The van der Waals surface area contributed by atoms with E-state index in [9.17, 15) is 9.59 Å². The molecule has 148 valence electrons. The van der Waals surface area contributed by atoms with Crippen LogP contribution in [0.25, 0.3) is 11.1 Å². The normalized spacial score (nSPS) is 17.6. The van der Waals surface area contributed by atoms with Crippen LogP contribution in [0.5, 0.6) is 0 Å². The zero-order chi connectivity index (χ0) is 20.4. The molecule has 3 aromatic rings. The van der Waals surface area contributed by atoms with Gasteiger partial charge in [-0.15, -0.1) is 11.3 Å². The summed E-state index contributed by atoms with van der Waals surface area (Å²) in [6, 6.07) is 17.3. The largest absolute Gasteiger partial charge is 0.462 e. The summed E-state index contributed by atoms with van der Waals surface area (Å²) in [7, 11) is 0. The fourth-order valence-electron chi connectivity index (χ4n) is 3.46. The van der Waals surface area contributed by atoms with Crippen LogP contribution < -0.4 is 5.32 Å². The second-order valence-corrected chi connectivity index (χ2v) is 8.25. The van der Waals surface area contributed by atoms with E-state index < -0.39 is 5.97 Å². The van der Waals surface area contributed by atoms with E-state index in [1.807, 2.05) is 47.8 Å². The molecule has 1 saturated carbocycles. The van der Waals surface area contributed by atoms with Gasteiger partial charge in [0.15, 0.2) is 0 Å². The van der Waals surface area contributed by atoms with E-state index in [0.717, 1.165) is 17.5 Å². The van der Waals surface area contributed by atoms with Gasteiger partial charge in [-0.2, -0.15) is 0 Å². The lowest BCUT2D eigenvalue weighted by Crippen LogP contribution is -2.16. The number of carbonyl (C=O) groups is 2. The maximum absolute atomic E-state index is 12.8. The number of rotatable bonds is 6. The van der Waals surface area contributed by atoms with Gasteiger partial charge in [0.05, 0.1) is 6.61 Å². The molecule has 2 unspecified atom stereocenters. The molecule has 6 heteroatoms. The molecule has 1 N–H and O–H groups in total. The summed E-state index contributed by atoms with van der Waals surface area (Å²) in [5.74, 6) is -0.343. The SMILES string of the molecule is CCOC(=O)c1c(-c2ccc(Cl)cc2)csc1NC(=O)C1CC1c1ccccc1. The van der Waals surface area contributed by atoms with Crippen LogP contribution in [0.3, 0.4) is 0 Å². The third-order valence-electron chi connectivity index (χ3n) is 5.02. The molecule has 29 heavy (non-hydrogen) atoms. The summed E-state index contributed by atoms with van der Waals surface area (Å²) in [5, 5.41) is 5.98. The molecule has 1 amide bonds. The van der Waals surface area contributed by atoms with Gasteiger partial charge in [0.1, 0.15) is 10.6 Å². The van der Waals surface area contributed by atoms with Crippen LogP contribution in [0.15, 0.2) is 60.0 Å². The Kier molecular flexibility index (Phi) is 5.69. The Morgan fingerprint density at radius 2 is 1.86 bits per heavy atom. The number of amides is 1. The van der Waals surface area contributed by atoms with Crippen LogP contribution >= 0.6 is 22.9 Å². The highest BCUT2D eigenvalue weighted by molar-refractivity contribution is 7.15. The maximum atomic E-state index is 12.8. The Balaban J connectivity index is 1.58. The minimum absolute atomic E-state index is 0.0612. The van der Waals surface area contributed by atoms with Crippen molar-refractivity contribution in [2.45, 2.75) is 19.3 Å². The lowest BCUT2D eigenvalue weighted by Gasteiger charge is -2.09. The fraction of sp³-hybridized carbons (Fsp3) is 0.217. The van der Waals surface area contributed by atoms with Crippen molar-refractivity contribution in [3.63, 3.8) is 0 Å². The number of benzene rings is 2. The Labute approximate surface area is 178 Å². The molecule has 0 spiro atoms. The van der Waals surface area contributed by atoms with E-state index >= 15 is 0 Å². The smallest absolute Gasteiger partial charge is 0.341 e. The van der Waals surface area contributed by atoms with Crippen molar-refractivity contribution < 1.29 is 14.3 Å². The molecule has 4 nitrogen and oxygen atoms in total. The number of hydrogen-bond donors (Lipinski definition) is 1. The monoisotopic (exact) mass is 425 g/mol. The summed E-state index contributed by atoms with van der Waals surface area (Å²) in [6.45, 7) is 2.03. The Hall–Kier alpha value is -2.63. The number of thiophene rings is 1. The average Bonchev–Trinajstić information content (AvgIpc) is 3.43. The number of halogens is 1. The lowest BCUT2D eigenvalue weighted by atomic mass is 10.0. The van der Waals surface area contributed by atoms with Gasteiger partial charge in [-0.1, -0.05) is 54.1 Å². The number of ether oxygens (including phenoxy) is 1. The van der Waals surface area contributed by atoms with Crippen LogP contribution in [-0.4, -0.2) is 18.5 Å². The lowest BCUT2D eigenvalue weighted by molar-refractivity contribution is -0.117. The third kappa shape index (κ3) is 4.21. The Morgan fingerprint density at radius 3 is 2.55 bits per heavy atom. The first-order chi connectivity index (χ1) is 14.1. The molecule has 0 bridgehead atoms. The number of carbonyl (C=O) groups excluding carboxylic acids is 2. The molecule has 2 atom stereocenters. The number of esters is 1. The molecule has 0 saturated heterocycles. The van der Waals surface area contributed by atoms with Crippen LogP contribution in [-0.2, 0) is 9.53 Å². The van der Waals surface area contributed by atoms with Gasteiger partial charge in [-0.05, 0) is 42.5 Å². The van der Waals surface area contributed by atoms with Crippen LogP contribution in [0.1, 0.15) is 35.2 Å². The molecule has 0 radical (unpaired) electrons. The van der Waals surface area contributed by atoms with E-state index in [1.165, 1.54) is 16.9 Å². The standard InChI is InChI=1S/C23H20ClNO3S/c1-2-28-23(27)20-19(15-8-10-16(24)11-9-15)13-29-22(20)25-21(26)18-12-17(18)14-6-4-3-5-7-14/h3-11,13,17-18H,2,12H2,1H3,(H,25,26). The van der Waals surface area contributed by atoms with Gasteiger partial charge < -0.3 is 10.1 Å². The second-order valence-electron chi connectivity index (χ2n) is 6.93. The van der Waals surface area contributed by atoms with Crippen LogP contribution in [0.2, 0.25) is 5.02 Å². The highest BCUT2D eigenvalue weighted by Crippen LogP contribution is 2.48. The fourth-order valence-corrected chi connectivity index (χ4v) is 4.54. The quantitative estimate of drug-likeness (QED) is 0.493. The van der Waals surface area contributed by atoms with Gasteiger partial charge in [-0.25, -0.2) is 4.79 Å². The predicted octanol–water partition coefficient (Wildman–Crippen LogP) is 5.99. The van der Waals surface area contributed by atoms with Crippen molar-refractivity contribution in [3.8, 4) is 11.1 Å². The Morgan fingerprint density at radius 1 is 1.14 bits per heavy atom. The van der Waals surface area contributed by atoms with Crippen molar-refractivity contribution in [2.75, 3.05) is 11.9 Å². The third-order valence-corrected chi connectivity index (χ3v) is 6.16. The summed E-state index contributed by atoms with van der Waals surface area (Å²) >= 11 is 7.32. The van der Waals surface area contributed by atoms with Gasteiger partial charge in [0.25, 0.3) is 0 Å². The van der Waals surface area contributed by atoms with Crippen molar-refractivity contribution >= 4 is 39.8 Å². The molecule has 1 heterocycles. The molecular formula is C23H20ClNO3S. The molecule has 0 aliphatic heterocycles. The first-order valence-electron chi connectivity index (χ1n) is 9.48. The van der Waals surface area contributed by atoms with Gasteiger partial charge in [0.2, 0.25) is 5.91 Å². The molecule has 1 aliphatic rings. The van der Waals surface area contributed by atoms with Gasteiger partial charge >= 0.3 is 5.97 Å². The van der Waals surface area contributed by atoms with Crippen molar-refractivity contribution in [2.24, 2.45) is 5.92 Å². The van der Waals surface area contributed by atoms with Crippen LogP contribution in [0.4, 0.5) is 5.00 Å². The molecule has 1 fully saturated rings. The molecule has 1 aliphatic carbocycles. The van der Waals surface area contributed by atoms with E-state index in [0.29, 0.717) is 15.6 Å². The summed E-state index contributed by atoms with van der Waals surface area (Å²) in [6.07, 6.45) is 0.819. The first kappa shape index (κ1) is 19.7. The zero-order valence-electron chi connectivity index (χ0n) is 15.9. The van der Waals surface area contributed by atoms with E-state index in [-0.39, 0.29) is 24.3 Å². The minimum Gasteiger partial charge on any atom is -0.462 e. The van der Waals surface area contributed by atoms with Crippen molar-refractivity contribution in [1.29, 1.82) is 0 Å². The Bertz CT molecular complexity index is 1030. The first-order valence-corrected chi connectivity index (χ1v) is 10.7. The number of anilines is 1. The van der Waals surface area contributed by atoms with E-state index in [2.05, 4.69) is 5.32 Å². The zero-order valence-corrected chi connectivity index (χ0v) is 17.4. The highest BCUT2D eigenvalue weighted by atomic mass is 35.5. The van der Waals surface area contributed by atoms with Crippen LogP contribution in [0, 0.1) is 5.92 Å². The number of hydrogen-bond acceptors (Lipinski definition) is 4. The van der Waals surface area contributed by atoms with E-state index in [1.54, 1.807) is 19.1 Å². The molecule has 1 aromatic heterocycles. The molecule has 4 rings (SSSR count). The predicted molar refractivity (Wildman–Crippen MR) is 117 cm³/mol. The van der Waals surface area contributed by atoms with Gasteiger partial charge in [0, 0.05) is 21.9 Å². The maximum Gasteiger partial charge on any atom is 0.341 e. The van der Waals surface area contributed by atoms with E-state index in [4.69, 9.17) is 16.3 Å². The summed E-state index contributed by atoms with van der Waals surface area (Å²) in [5.41, 5.74) is 3.15. The van der Waals surface area contributed by atoms with Gasteiger partial charge in [-0.3, -0.25) is 4.79 Å². The topological polar surface area (TPSA) is 55.4 Å².